The number of rotatable bonds is 4. The van der Waals surface area contributed by atoms with Crippen molar-refractivity contribution in [1.29, 1.82) is 0 Å². The summed E-state index contributed by atoms with van der Waals surface area (Å²) in [5.41, 5.74) is -0.652. The molecule has 0 radical (unpaired) electrons. The van der Waals surface area contributed by atoms with Gasteiger partial charge in [-0.05, 0) is 6.92 Å². The van der Waals surface area contributed by atoms with Crippen molar-refractivity contribution >= 4 is 17.3 Å². The lowest BCUT2D eigenvalue weighted by molar-refractivity contribution is 0.0675. The Balaban J connectivity index is 2.36. The maximum absolute atomic E-state index is 12.8. The van der Waals surface area contributed by atoms with Gasteiger partial charge in [0, 0.05) is 11.1 Å². The molecule has 0 aliphatic rings. The summed E-state index contributed by atoms with van der Waals surface area (Å²) in [4.78, 5) is 14.8. The van der Waals surface area contributed by atoms with Gasteiger partial charge in [-0.1, -0.05) is 5.21 Å². The highest BCUT2D eigenvalue weighted by Gasteiger charge is 2.26. The summed E-state index contributed by atoms with van der Waals surface area (Å²) < 4.78 is 26.5. The first kappa shape index (κ1) is 12.6. The second-order valence-electron chi connectivity index (χ2n) is 3.47. The van der Waals surface area contributed by atoms with Gasteiger partial charge in [-0.2, -0.15) is 0 Å². The molecule has 9 heteroatoms. The van der Waals surface area contributed by atoms with Crippen LogP contribution in [0, 0.1) is 6.92 Å². The van der Waals surface area contributed by atoms with Gasteiger partial charge in [-0.3, -0.25) is 0 Å². The van der Waals surface area contributed by atoms with E-state index in [2.05, 4.69) is 15.3 Å². The van der Waals surface area contributed by atoms with E-state index in [1.165, 1.54) is 11.3 Å². The predicted molar refractivity (Wildman–Crippen MR) is 57.9 cm³/mol. The van der Waals surface area contributed by atoms with Crippen LogP contribution in [-0.2, 0) is 6.54 Å². The van der Waals surface area contributed by atoms with Gasteiger partial charge in [0.05, 0.1) is 6.54 Å². The molecule has 2 aromatic heterocycles. The third-order valence-corrected chi connectivity index (χ3v) is 3.09. The van der Waals surface area contributed by atoms with Crippen molar-refractivity contribution in [1.82, 2.24) is 20.0 Å². The molecule has 6 nitrogen and oxygen atoms in total. The number of alkyl halides is 2. The van der Waals surface area contributed by atoms with Gasteiger partial charge < -0.3 is 5.11 Å². The zero-order chi connectivity index (χ0) is 13.3. The van der Waals surface area contributed by atoms with Crippen LogP contribution in [0.4, 0.5) is 8.78 Å². The normalized spacial score (nSPS) is 11.1. The summed E-state index contributed by atoms with van der Waals surface area (Å²) in [6.45, 7) is 1.76. The number of aryl methyl sites for hydroxylation is 1. The summed E-state index contributed by atoms with van der Waals surface area (Å²) >= 11 is 1.29. The second-order valence-corrected chi connectivity index (χ2v) is 4.41. The van der Waals surface area contributed by atoms with E-state index in [0.29, 0.717) is 5.01 Å². The minimum absolute atomic E-state index is 0.0154. The number of aromatic nitrogens is 4. The molecule has 2 aromatic rings. The van der Waals surface area contributed by atoms with Crippen molar-refractivity contribution in [3.8, 4) is 0 Å². The molecule has 0 unspecified atom stereocenters. The van der Waals surface area contributed by atoms with E-state index in [-0.39, 0.29) is 6.54 Å². The molecule has 2 rings (SSSR count). The van der Waals surface area contributed by atoms with Crippen LogP contribution < -0.4 is 0 Å². The molecule has 2 heterocycles. The maximum Gasteiger partial charge on any atom is 0.358 e. The van der Waals surface area contributed by atoms with Crippen LogP contribution in [0.15, 0.2) is 5.38 Å². The number of hydrogen-bond acceptors (Lipinski definition) is 5. The first-order valence-electron chi connectivity index (χ1n) is 4.85. The number of thiazole rings is 1. The van der Waals surface area contributed by atoms with Gasteiger partial charge in [-0.25, -0.2) is 23.2 Å². The van der Waals surface area contributed by atoms with E-state index in [4.69, 9.17) is 5.11 Å². The zero-order valence-electron chi connectivity index (χ0n) is 9.17. The van der Waals surface area contributed by atoms with Crippen molar-refractivity contribution in [2.75, 3.05) is 0 Å². The van der Waals surface area contributed by atoms with Gasteiger partial charge >= 0.3 is 5.97 Å². The van der Waals surface area contributed by atoms with Crippen LogP contribution in [0.1, 0.15) is 33.3 Å². The van der Waals surface area contributed by atoms with Crippen LogP contribution >= 0.6 is 11.3 Å². The third-order valence-electron chi connectivity index (χ3n) is 2.13. The molecular formula is C9H8F2N4O2S. The average molecular weight is 274 g/mol. The van der Waals surface area contributed by atoms with Gasteiger partial charge in [-0.15, -0.1) is 16.4 Å². The lowest BCUT2D eigenvalue weighted by atomic mass is 10.3. The van der Waals surface area contributed by atoms with Crippen molar-refractivity contribution in [2.45, 2.75) is 19.9 Å². The van der Waals surface area contributed by atoms with Crippen molar-refractivity contribution in [3.05, 3.63) is 27.5 Å². The maximum atomic E-state index is 12.8. The summed E-state index contributed by atoms with van der Waals surface area (Å²) in [6.07, 6.45) is -2.95. The quantitative estimate of drug-likeness (QED) is 0.918. The average Bonchev–Trinajstić information content (AvgIpc) is 2.85. The van der Waals surface area contributed by atoms with Gasteiger partial charge in [0.1, 0.15) is 10.7 Å². The Morgan fingerprint density at radius 2 is 2.33 bits per heavy atom. The fourth-order valence-electron chi connectivity index (χ4n) is 1.41. The lowest BCUT2D eigenvalue weighted by Gasteiger charge is -2.03. The van der Waals surface area contributed by atoms with E-state index in [9.17, 15) is 13.6 Å². The highest BCUT2D eigenvalue weighted by Crippen LogP contribution is 2.22. The van der Waals surface area contributed by atoms with E-state index in [1.807, 2.05) is 0 Å². The van der Waals surface area contributed by atoms with Gasteiger partial charge in [0.2, 0.25) is 0 Å². The largest absolute Gasteiger partial charge is 0.476 e. The smallest absolute Gasteiger partial charge is 0.358 e. The van der Waals surface area contributed by atoms with Gasteiger partial charge in [0.25, 0.3) is 6.43 Å². The molecule has 1 N–H and O–H groups in total. The standard InChI is InChI=1S/C9H8F2N4O2S/c1-4-3-18-5(12-4)2-15-7(8(10)11)6(9(16)17)13-14-15/h3,8H,2H2,1H3,(H,16,17). The number of aromatic carboxylic acids is 1. The van der Waals surface area contributed by atoms with Crippen LogP contribution in [0.25, 0.3) is 0 Å². The predicted octanol–water partition coefficient (Wildman–Crippen LogP) is 1.73. The number of carboxylic acid groups (broad SMARTS) is 1. The van der Waals surface area contributed by atoms with Crippen LogP contribution in [0.2, 0.25) is 0 Å². The molecule has 0 aliphatic carbocycles. The summed E-state index contributed by atoms with van der Waals surface area (Å²) in [5.74, 6) is -1.52. The fraction of sp³-hybridized carbons (Fsp3) is 0.333. The Kier molecular flexibility index (Phi) is 3.32. The molecule has 18 heavy (non-hydrogen) atoms. The second kappa shape index (κ2) is 4.77. The van der Waals surface area contributed by atoms with Crippen LogP contribution in [0.3, 0.4) is 0 Å². The molecular weight excluding hydrogens is 266 g/mol. The number of hydrogen-bond donors (Lipinski definition) is 1. The van der Waals surface area contributed by atoms with Crippen LogP contribution in [-0.4, -0.2) is 31.1 Å². The highest BCUT2D eigenvalue weighted by molar-refractivity contribution is 7.09. The molecule has 0 saturated carbocycles. The lowest BCUT2D eigenvalue weighted by Crippen LogP contribution is -2.09. The van der Waals surface area contributed by atoms with Crippen LogP contribution in [0.5, 0.6) is 0 Å². The van der Waals surface area contributed by atoms with E-state index < -0.39 is 23.8 Å². The van der Waals surface area contributed by atoms with Crippen molar-refractivity contribution in [2.24, 2.45) is 0 Å². The van der Waals surface area contributed by atoms with Gasteiger partial charge in [0.15, 0.2) is 5.69 Å². The molecule has 0 spiro atoms. The first-order chi connectivity index (χ1) is 8.49. The van der Waals surface area contributed by atoms with Crippen molar-refractivity contribution < 1.29 is 18.7 Å². The molecule has 0 bridgehead atoms. The fourth-order valence-corrected chi connectivity index (χ4v) is 2.16. The summed E-state index contributed by atoms with van der Waals surface area (Å²) in [7, 11) is 0. The van der Waals surface area contributed by atoms with Crippen molar-refractivity contribution in [3.63, 3.8) is 0 Å². The summed E-state index contributed by atoms with van der Waals surface area (Å²) in [5, 5.41) is 17.8. The molecule has 0 amide bonds. The number of halogens is 2. The monoisotopic (exact) mass is 274 g/mol. The zero-order valence-corrected chi connectivity index (χ0v) is 9.99. The SMILES string of the molecule is Cc1csc(Cn2nnc(C(=O)O)c2C(F)F)n1. The molecule has 0 aliphatic heterocycles. The minimum atomic E-state index is -2.95. The topological polar surface area (TPSA) is 80.9 Å². The molecule has 0 saturated heterocycles. The molecule has 0 atom stereocenters. The van der Waals surface area contributed by atoms with E-state index in [0.717, 1.165) is 10.4 Å². The highest BCUT2D eigenvalue weighted by atomic mass is 32.1. The van der Waals surface area contributed by atoms with E-state index >= 15 is 0 Å². The molecule has 0 fully saturated rings. The Morgan fingerprint density at radius 3 is 2.83 bits per heavy atom. The number of nitrogens with zero attached hydrogens (tertiary/aromatic N) is 4. The Bertz CT molecular complexity index is 581. The number of carboxylic acids is 1. The number of carbonyl (C=O) groups is 1. The summed E-state index contributed by atoms with van der Waals surface area (Å²) in [6, 6.07) is 0. The third kappa shape index (κ3) is 2.35. The van der Waals surface area contributed by atoms with E-state index in [1.54, 1.807) is 12.3 Å². The Morgan fingerprint density at radius 1 is 1.61 bits per heavy atom. The Labute approximate surface area is 104 Å². The Hall–Kier alpha value is -1.90. The minimum Gasteiger partial charge on any atom is -0.476 e. The molecule has 96 valence electrons. The first-order valence-corrected chi connectivity index (χ1v) is 5.73. The molecule has 0 aromatic carbocycles.